The molecule has 4 rings (SSSR count). The van der Waals surface area contributed by atoms with E-state index in [0.29, 0.717) is 29.2 Å². The van der Waals surface area contributed by atoms with Gasteiger partial charge in [-0.3, -0.25) is 4.79 Å². The molecule has 25 heavy (non-hydrogen) atoms. The van der Waals surface area contributed by atoms with Crippen molar-refractivity contribution in [3.05, 3.63) is 33.7 Å². The van der Waals surface area contributed by atoms with Gasteiger partial charge in [-0.1, -0.05) is 0 Å². The summed E-state index contributed by atoms with van der Waals surface area (Å²) in [6.45, 7) is 2.72. The number of nitrogens with one attached hydrogen (secondary N) is 3. The number of piperidine rings is 1. The second-order valence-electron chi connectivity index (χ2n) is 6.17. The molecule has 8 heteroatoms. The summed E-state index contributed by atoms with van der Waals surface area (Å²) in [6.07, 6.45) is 3.96. The van der Waals surface area contributed by atoms with E-state index in [2.05, 4.69) is 41.5 Å². The average molecular weight is 420 g/mol. The van der Waals surface area contributed by atoms with Crippen LogP contribution in [0.4, 0.5) is 0 Å². The quantitative estimate of drug-likeness (QED) is 0.606. The van der Waals surface area contributed by atoms with Crippen LogP contribution in [0.1, 0.15) is 23.2 Å². The van der Waals surface area contributed by atoms with Gasteiger partial charge in [0.1, 0.15) is 11.3 Å². The number of rotatable bonds is 4. The highest BCUT2D eigenvalue weighted by Gasteiger charge is 2.18. The molecule has 1 fully saturated rings. The molecule has 0 radical (unpaired) electrons. The highest BCUT2D eigenvalue weighted by Crippen LogP contribution is 2.30. The largest absolute Gasteiger partial charge is 0.352 e. The molecule has 6 nitrogen and oxygen atoms in total. The minimum absolute atomic E-state index is 0.0941. The Morgan fingerprint density at radius 3 is 3.08 bits per heavy atom. The number of pyridine rings is 1. The number of hydrogen-bond donors (Lipinski definition) is 3. The van der Waals surface area contributed by atoms with Crippen molar-refractivity contribution in [2.24, 2.45) is 5.92 Å². The number of H-pyrrole nitrogens is 1. The first kappa shape index (κ1) is 16.7. The lowest BCUT2D eigenvalue weighted by Gasteiger charge is -2.22. The van der Waals surface area contributed by atoms with Crippen molar-refractivity contribution in [3.63, 3.8) is 0 Å². The lowest BCUT2D eigenvalue weighted by molar-refractivity contribution is 0.0946. The first-order valence-electron chi connectivity index (χ1n) is 8.30. The molecule has 3 N–H and O–H groups in total. The van der Waals surface area contributed by atoms with Crippen LogP contribution in [0, 0.1) is 5.92 Å². The molecule has 130 valence electrons. The van der Waals surface area contributed by atoms with Gasteiger partial charge in [0.05, 0.1) is 14.2 Å². The minimum Gasteiger partial charge on any atom is -0.352 e. The Bertz CT molecular complexity index is 899. The topological polar surface area (TPSA) is 82.7 Å². The normalized spacial score (nSPS) is 17.7. The third kappa shape index (κ3) is 3.61. The lowest BCUT2D eigenvalue weighted by Crippen LogP contribution is -2.38. The highest BCUT2D eigenvalue weighted by molar-refractivity contribution is 9.11. The summed E-state index contributed by atoms with van der Waals surface area (Å²) < 4.78 is 1.04. The maximum Gasteiger partial charge on any atom is 0.253 e. The van der Waals surface area contributed by atoms with E-state index < -0.39 is 0 Å². The van der Waals surface area contributed by atoms with E-state index in [4.69, 9.17) is 0 Å². The van der Waals surface area contributed by atoms with Gasteiger partial charge >= 0.3 is 0 Å². The van der Waals surface area contributed by atoms with Crippen LogP contribution in [0.3, 0.4) is 0 Å². The Morgan fingerprint density at radius 2 is 2.32 bits per heavy atom. The fourth-order valence-electron chi connectivity index (χ4n) is 3.08. The molecule has 1 saturated heterocycles. The van der Waals surface area contributed by atoms with E-state index in [0.717, 1.165) is 34.0 Å². The molecule has 1 amide bonds. The fraction of sp³-hybridized carbons (Fsp3) is 0.353. The number of carbonyl (C=O) groups is 1. The number of fused-ring (bicyclic) bond motifs is 1. The van der Waals surface area contributed by atoms with Gasteiger partial charge in [-0.2, -0.15) is 0 Å². The number of amides is 1. The third-order valence-corrected chi connectivity index (χ3v) is 6.02. The summed E-state index contributed by atoms with van der Waals surface area (Å²) in [5.74, 6) is 1.13. The molecule has 3 aromatic rings. The summed E-state index contributed by atoms with van der Waals surface area (Å²) in [4.78, 5) is 25.8. The van der Waals surface area contributed by atoms with Crippen LogP contribution in [0.5, 0.6) is 0 Å². The second-order valence-corrected chi connectivity index (χ2v) is 8.63. The molecule has 0 saturated carbocycles. The number of thiophene rings is 1. The number of halogens is 1. The Hall–Kier alpha value is -1.77. The van der Waals surface area contributed by atoms with Gasteiger partial charge in [-0.05, 0) is 66.0 Å². The zero-order valence-electron chi connectivity index (χ0n) is 13.5. The summed E-state index contributed by atoms with van der Waals surface area (Å²) in [6, 6.07) is 5.69. The van der Waals surface area contributed by atoms with Crippen LogP contribution in [-0.4, -0.2) is 40.5 Å². The van der Waals surface area contributed by atoms with Crippen molar-refractivity contribution >= 4 is 44.3 Å². The predicted octanol–water partition coefficient (Wildman–Crippen LogP) is 3.18. The van der Waals surface area contributed by atoms with Gasteiger partial charge in [-0.25, -0.2) is 9.97 Å². The first-order chi connectivity index (χ1) is 12.2. The number of imidazole rings is 1. The maximum absolute atomic E-state index is 12.6. The van der Waals surface area contributed by atoms with Gasteiger partial charge in [0, 0.05) is 12.7 Å². The summed E-state index contributed by atoms with van der Waals surface area (Å²) >= 11 is 5.05. The molecule has 1 aliphatic heterocycles. The molecule has 0 aliphatic carbocycles. The van der Waals surface area contributed by atoms with Crippen LogP contribution in [0.2, 0.25) is 0 Å². The van der Waals surface area contributed by atoms with Crippen molar-refractivity contribution < 1.29 is 4.79 Å². The molecule has 1 aliphatic rings. The standard InChI is InChI=1S/C17H18BrN5OS/c18-13-4-3-12(25-13)15-22-14-11(5-7-20-16(14)23-15)17(24)21-9-10-2-1-6-19-8-10/h3-5,7,10,19H,1-2,6,8-9H2,(H,21,24)(H,20,22,23)/t10-/m0/s1. The third-order valence-electron chi connectivity index (χ3n) is 4.39. The number of aromatic nitrogens is 3. The summed E-state index contributed by atoms with van der Waals surface area (Å²) in [5.41, 5.74) is 1.81. The predicted molar refractivity (Wildman–Crippen MR) is 103 cm³/mol. The van der Waals surface area contributed by atoms with E-state index >= 15 is 0 Å². The Balaban J connectivity index is 1.56. The zero-order valence-corrected chi connectivity index (χ0v) is 15.9. The van der Waals surface area contributed by atoms with Crippen LogP contribution in [-0.2, 0) is 0 Å². The van der Waals surface area contributed by atoms with Crippen molar-refractivity contribution in [3.8, 4) is 10.7 Å². The number of nitrogens with zero attached hydrogens (tertiary/aromatic N) is 2. The summed E-state index contributed by atoms with van der Waals surface area (Å²) in [5, 5.41) is 6.42. The maximum atomic E-state index is 12.6. The van der Waals surface area contributed by atoms with Crippen molar-refractivity contribution in [1.82, 2.24) is 25.6 Å². The highest BCUT2D eigenvalue weighted by atomic mass is 79.9. The Labute approximate surface area is 157 Å². The number of aromatic amines is 1. The van der Waals surface area contributed by atoms with Crippen LogP contribution in [0.25, 0.3) is 21.9 Å². The second kappa shape index (κ2) is 7.23. The molecule has 0 bridgehead atoms. The molecule has 4 heterocycles. The number of hydrogen-bond acceptors (Lipinski definition) is 5. The molecular formula is C17H18BrN5OS. The van der Waals surface area contributed by atoms with Gasteiger partial charge in [0.25, 0.3) is 5.91 Å². The molecule has 0 unspecified atom stereocenters. The lowest BCUT2D eigenvalue weighted by atomic mass is 10.00. The van der Waals surface area contributed by atoms with E-state index in [1.807, 2.05) is 12.1 Å². The molecule has 3 aromatic heterocycles. The molecular weight excluding hydrogens is 402 g/mol. The van der Waals surface area contributed by atoms with Gasteiger partial charge in [0.15, 0.2) is 5.65 Å². The smallest absolute Gasteiger partial charge is 0.253 e. The van der Waals surface area contributed by atoms with Crippen molar-refractivity contribution in [2.45, 2.75) is 12.8 Å². The van der Waals surface area contributed by atoms with E-state index in [1.165, 1.54) is 6.42 Å². The Kier molecular flexibility index (Phi) is 4.82. The summed E-state index contributed by atoms with van der Waals surface area (Å²) in [7, 11) is 0. The van der Waals surface area contributed by atoms with Gasteiger partial charge in [0.2, 0.25) is 0 Å². The van der Waals surface area contributed by atoms with Crippen molar-refractivity contribution in [1.29, 1.82) is 0 Å². The first-order valence-corrected chi connectivity index (χ1v) is 9.91. The van der Waals surface area contributed by atoms with E-state index in [1.54, 1.807) is 23.6 Å². The molecule has 1 atom stereocenters. The Morgan fingerprint density at radius 1 is 1.40 bits per heavy atom. The minimum atomic E-state index is -0.0941. The number of carbonyl (C=O) groups excluding carboxylic acids is 1. The van der Waals surface area contributed by atoms with Crippen LogP contribution < -0.4 is 10.6 Å². The molecule has 0 spiro atoms. The van der Waals surface area contributed by atoms with Crippen LogP contribution >= 0.6 is 27.3 Å². The SMILES string of the molecule is O=C(NC[C@H]1CCCNC1)c1ccnc2[nH]c(-c3ccc(Br)s3)nc12. The zero-order chi connectivity index (χ0) is 17.2. The van der Waals surface area contributed by atoms with Gasteiger partial charge < -0.3 is 15.6 Å². The van der Waals surface area contributed by atoms with Crippen LogP contribution in [0.15, 0.2) is 28.2 Å². The average Bonchev–Trinajstić information content (AvgIpc) is 3.26. The van der Waals surface area contributed by atoms with Gasteiger partial charge in [-0.15, -0.1) is 11.3 Å². The van der Waals surface area contributed by atoms with Crippen molar-refractivity contribution in [2.75, 3.05) is 19.6 Å². The van der Waals surface area contributed by atoms with E-state index in [9.17, 15) is 4.79 Å². The fourth-order valence-corrected chi connectivity index (χ4v) is 4.41. The molecule has 0 aromatic carbocycles. The van der Waals surface area contributed by atoms with E-state index in [-0.39, 0.29) is 5.91 Å². The monoisotopic (exact) mass is 419 g/mol.